The van der Waals surface area contributed by atoms with Gasteiger partial charge in [0.15, 0.2) is 0 Å². The molecule has 25 heavy (non-hydrogen) atoms. The highest BCUT2D eigenvalue weighted by Crippen LogP contribution is 2.41. The number of aryl methyl sites for hydroxylation is 1. The summed E-state index contributed by atoms with van der Waals surface area (Å²) in [4.78, 5) is 12.6. The van der Waals surface area contributed by atoms with Gasteiger partial charge in [0.25, 0.3) is 0 Å². The van der Waals surface area contributed by atoms with Crippen molar-refractivity contribution in [2.75, 3.05) is 5.32 Å². The van der Waals surface area contributed by atoms with Gasteiger partial charge < -0.3 is 5.32 Å². The second-order valence-electron chi connectivity index (χ2n) is 6.70. The smallest absolute Gasteiger partial charge is 0.241 e. The number of benzene rings is 2. The number of carbonyl (C=O) groups is 1. The molecule has 0 aromatic heterocycles. The molecular formula is C20H22Cl2N2O. The molecule has 0 bridgehead atoms. The molecule has 1 fully saturated rings. The quantitative estimate of drug-likeness (QED) is 0.711. The van der Waals surface area contributed by atoms with Crippen molar-refractivity contribution < 1.29 is 4.79 Å². The van der Waals surface area contributed by atoms with Gasteiger partial charge in [-0.1, -0.05) is 59.1 Å². The van der Waals surface area contributed by atoms with E-state index in [1.165, 1.54) is 24.0 Å². The van der Waals surface area contributed by atoms with E-state index in [9.17, 15) is 4.79 Å². The zero-order chi connectivity index (χ0) is 18.0. The third-order valence-electron chi connectivity index (χ3n) is 4.56. The fraction of sp³-hybridized carbons (Fsp3) is 0.350. The predicted molar refractivity (Wildman–Crippen MR) is 104 cm³/mol. The second kappa shape index (κ2) is 7.77. The molecule has 1 aliphatic rings. The minimum absolute atomic E-state index is 0.146. The van der Waals surface area contributed by atoms with E-state index in [4.69, 9.17) is 23.2 Å². The molecule has 132 valence electrons. The van der Waals surface area contributed by atoms with Gasteiger partial charge in [0.2, 0.25) is 5.91 Å². The fourth-order valence-corrected chi connectivity index (χ4v) is 3.39. The van der Waals surface area contributed by atoms with Crippen molar-refractivity contribution in [3.63, 3.8) is 0 Å². The molecule has 0 aliphatic heterocycles. The van der Waals surface area contributed by atoms with E-state index in [1.807, 2.05) is 6.92 Å². The number of carbonyl (C=O) groups excluding carboxylic acids is 1. The summed E-state index contributed by atoms with van der Waals surface area (Å²) in [6.07, 6.45) is 2.38. The summed E-state index contributed by atoms with van der Waals surface area (Å²) in [5, 5.41) is 7.18. The van der Waals surface area contributed by atoms with Gasteiger partial charge in [0.1, 0.15) is 0 Å². The van der Waals surface area contributed by atoms with Crippen LogP contribution in [0.25, 0.3) is 0 Å². The molecule has 0 saturated heterocycles. The lowest BCUT2D eigenvalue weighted by atomic mass is 10.00. The average Bonchev–Trinajstić information content (AvgIpc) is 3.41. The van der Waals surface area contributed by atoms with Crippen molar-refractivity contribution in [2.24, 2.45) is 5.92 Å². The largest absolute Gasteiger partial charge is 0.322 e. The van der Waals surface area contributed by atoms with Crippen LogP contribution < -0.4 is 10.6 Å². The van der Waals surface area contributed by atoms with Crippen LogP contribution in [-0.2, 0) is 4.79 Å². The Kier molecular flexibility index (Phi) is 5.67. The summed E-state index contributed by atoms with van der Waals surface area (Å²) in [6, 6.07) is 13.5. The zero-order valence-corrected chi connectivity index (χ0v) is 15.9. The molecule has 2 unspecified atom stereocenters. The monoisotopic (exact) mass is 376 g/mol. The summed E-state index contributed by atoms with van der Waals surface area (Å²) in [5.74, 6) is 0.439. The third-order valence-corrected chi connectivity index (χ3v) is 5.19. The molecule has 0 heterocycles. The number of hydrogen-bond donors (Lipinski definition) is 2. The van der Waals surface area contributed by atoms with Crippen LogP contribution in [0.2, 0.25) is 10.0 Å². The van der Waals surface area contributed by atoms with Crippen molar-refractivity contribution in [1.29, 1.82) is 0 Å². The lowest BCUT2D eigenvalue weighted by Crippen LogP contribution is -2.41. The van der Waals surface area contributed by atoms with Gasteiger partial charge in [-0.3, -0.25) is 10.1 Å². The Balaban J connectivity index is 1.70. The van der Waals surface area contributed by atoms with Gasteiger partial charge in [-0.25, -0.2) is 0 Å². The molecule has 5 heteroatoms. The first-order chi connectivity index (χ1) is 12.0. The topological polar surface area (TPSA) is 41.1 Å². The van der Waals surface area contributed by atoms with Crippen molar-refractivity contribution in [3.05, 3.63) is 63.6 Å². The van der Waals surface area contributed by atoms with Crippen molar-refractivity contribution in [3.8, 4) is 0 Å². The number of hydrogen-bond acceptors (Lipinski definition) is 2. The van der Waals surface area contributed by atoms with Crippen LogP contribution >= 0.6 is 23.2 Å². The highest BCUT2D eigenvalue weighted by atomic mass is 35.5. The Labute approximate surface area is 158 Å². The summed E-state index contributed by atoms with van der Waals surface area (Å²) in [7, 11) is 0. The predicted octanol–water partition coefficient (Wildman–Crippen LogP) is 5.37. The molecule has 2 atom stereocenters. The minimum atomic E-state index is -0.362. The molecule has 1 amide bonds. The first-order valence-electron chi connectivity index (χ1n) is 8.53. The summed E-state index contributed by atoms with van der Waals surface area (Å²) in [5.41, 5.74) is 2.92. The highest BCUT2D eigenvalue weighted by Gasteiger charge is 2.34. The fourth-order valence-electron chi connectivity index (χ4n) is 2.90. The van der Waals surface area contributed by atoms with Crippen LogP contribution in [0.5, 0.6) is 0 Å². The van der Waals surface area contributed by atoms with E-state index in [0.717, 1.165) is 0 Å². The van der Waals surface area contributed by atoms with Crippen LogP contribution in [0.3, 0.4) is 0 Å². The first kappa shape index (κ1) is 18.2. The number of rotatable bonds is 6. The molecule has 0 spiro atoms. The summed E-state index contributed by atoms with van der Waals surface area (Å²) < 4.78 is 0. The Morgan fingerprint density at radius 1 is 1.08 bits per heavy atom. The van der Waals surface area contributed by atoms with E-state index >= 15 is 0 Å². The number of nitrogens with one attached hydrogen (secondary N) is 2. The Morgan fingerprint density at radius 3 is 2.24 bits per heavy atom. The van der Waals surface area contributed by atoms with E-state index in [-0.39, 0.29) is 18.0 Å². The normalized spacial score (nSPS) is 16.3. The van der Waals surface area contributed by atoms with Gasteiger partial charge in [0, 0.05) is 6.04 Å². The number of halogens is 2. The minimum Gasteiger partial charge on any atom is -0.322 e. The number of anilines is 1. The summed E-state index contributed by atoms with van der Waals surface area (Å²) >= 11 is 12.3. The Bertz CT molecular complexity index is 737. The van der Waals surface area contributed by atoms with Gasteiger partial charge >= 0.3 is 0 Å². The molecule has 2 aromatic rings. The van der Waals surface area contributed by atoms with Crippen molar-refractivity contribution >= 4 is 34.8 Å². The molecule has 1 aliphatic carbocycles. The van der Waals surface area contributed by atoms with Crippen LogP contribution in [0.15, 0.2) is 42.5 Å². The van der Waals surface area contributed by atoms with E-state index in [0.29, 0.717) is 21.7 Å². The van der Waals surface area contributed by atoms with Crippen molar-refractivity contribution in [2.45, 2.75) is 38.8 Å². The Morgan fingerprint density at radius 2 is 1.68 bits per heavy atom. The standard InChI is InChI=1S/C20H22Cl2N2O/c1-12-6-8-14(9-7-12)18(15-10-11-15)23-13(2)20(25)24-19-16(21)4-3-5-17(19)22/h3-9,13,15,18,23H,10-11H2,1-2H3,(H,24,25). The Hall–Kier alpha value is -1.55. The maximum atomic E-state index is 12.6. The van der Waals surface area contributed by atoms with Gasteiger partial charge in [-0.2, -0.15) is 0 Å². The highest BCUT2D eigenvalue weighted by molar-refractivity contribution is 6.39. The van der Waals surface area contributed by atoms with Crippen molar-refractivity contribution in [1.82, 2.24) is 5.32 Å². The first-order valence-corrected chi connectivity index (χ1v) is 9.29. The lowest BCUT2D eigenvalue weighted by molar-refractivity contribution is -0.118. The molecule has 2 aromatic carbocycles. The molecular weight excluding hydrogens is 355 g/mol. The van der Waals surface area contributed by atoms with Gasteiger partial charge in [-0.05, 0) is 50.3 Å². The summed E-state index contributed by atoms with van der Waals surface area (Å²) in [6.45, 7) is 3.94. The molecule has 3 nitrogen and oxygen atoms in total. The lowest BCUT2D eigenvalue weighted by Gasteiger charge is -2.24. The van der Waals surface area contributed by atoms with Crippen LogP contribution in [0.4, 0.5) is 5.69 Å². The van der Waals surface area contributed by atoms with E-state index < -0.39 is 0 Å². The molecule has 3 rings (SSSR count). The molecule has 1 saturated carbocycles. The zero-order valence-electron chi connectivity index (χ0n) is 14.4. The maximum absolute atomic E-state index is 12.6. The van der Waals surface area contributed by atoms with Gasteiger partial charge in [0.05, 0.1) is 21.8 Å². The van der Waals surface area contributed by atoms with Crippen LogP contribution in [0.1, 0.15) is 36.9 Å². The number of amides is 1. The molecule has 2 N–H and O–H groups in total. The van der Waals surface area contributed by atoms with E-state index in [2.05, 4.69) is 41.8 Å². The van der Waals surface area contributed by atoms with Gasteiger partial charge in [-0.15, -0.1) is 0 Å². The SMILES string of the molecule is Cc1ccc(C(NC(C)C(=O)Nc2c(Cl)cccc2Cl)C2CC2)cc1. The maximum Gasteiger partial charge on any atom is 0.241 e. The van der Waals surface area contributed by atoms with E-state index in [1.54, 1.807) is 18.2 Å². The molecule has 0 radical (unpaired) electrons. The number of para-hydroxylation sites is 1. The third kappa shape index (κ3) is 4.55. The van der Waals surface area contributed by atoms with Crippen LogP contribution in [0, 0.1) is 12.8 Å². The average molecular weight is 377 g/mol. The second-order valence-corrected chi connectivity index (χ2v) is 7.51. The van der Waals surface area contributed by atoms with Crippen LogP contribution in [-0.4, -0.2) is 11.9 Å².